The van der Waals surface area contributed by atoms with Crippen LogP contribution in [0, 0.1) is 11.7 Å². The monoisotopic (exact) mass is 521 g/mol. The van der Waals surface area contributed by atoms with Crippen LogP contribution in [0.3, 0.4) is 0 Å². The molecule has 4 fully saturated rings. The topological polar surface area (TPSA) is 93.0 Å². The molecule has 1 saturated carbocycles. The van der Waals surface area contributed by atoms with Gasteiger partial charge in [0.2, 0.25) is 0 Å². The van der Waals surface area contributed by atoms with E-state index in [-0.39, 0.29) is 17.6 Å². The second-order valence-corrected chi connectivity index (χ2v) is 10.9. The van der Waals surface area contributed by atoms with Crippen molar-refractivity contribution in [2.24, 2.45) is 5.92 Å². The van der Waals surface area contributed by atoms with Crippen molar-refractivity contribution < 1.29 is 23.8 Å². The van der Waals surface area contributed by atoms with Crippen LogP contribution in [0.1, 0.15) is 47.8 Å². The molecule has 38 heavy (non-hydrogen) atoms. The molecule has 3 saturated heterocycles. The zero-order chi connectivity index (χ0) is 25.8. The van der Waals surface area contributed by atoms with Crippen molar-refractivity contribution in [1.29, 1.82) is 0 Å². The first-order chi connectivity index (χ1) is 18.6. The number of hydrogen-bond donors (Lipinski definition) is 1. The van der Waals surface area contributed by atoms with Gasteiger partial charge in [-0.15, -0.1) is 0 Å². The predicted molar refractivity (Wildman–Crippen MR) is 139 cm³/mol. The summed E-state index contributed by atoms with van der Waals surface area (Å²) in [5.41, 5.74) is 2.97. The average molecular weight is 522 g/mol. The summed E-state index contributed by atoms with van der Waals surface area (Å²) < 4.78 is 27.3. The molecular formula is C28H32FN5O4. The zero-order valence-corrected chi connectivity index (χ0v) is 21.3. The van der Waals surface area contributed by atoms with E-state index in [4.69, 9.17) is 14.6 Å². The van der Waals surface area contributed by atoms with Crippen molar-refractivity contribution in [1.82, 2.24) is 19.7 Å². The number of anilines is 1. The number of nitrogens with zero attached hydrogens (tertiary/aromatic N) is 5. The van der Waals surface area contributed by atoms with Crippen molar-refractivity contribution in [2.75, 3.05) is 50.9 Å². The molecule has 4 aliphatic rings. The number of fused-ring (bicyclic) bond motifs is 2. The number of hydrogen-bond acceptors (Lipinski definition) is 7. The Morgan fingerprint density at radius 3 is 2.58 bits per heavy atom. The van der Waals surface area contributed by atoms with Crippen molar-refractivity contribution in [3.8, 4) is 5.69 Å². The van der Waals surface area contributed by atoms with Gasteiger partial charge in [-0.1, -0.05) is 6.42 Å². The minimum Gasteiger partial charge on any atom is -0.477 e. The van der Waals surface area contributed by atoms with Gasteiger partial charge < -0.3 is 19.5 Å². The molecule has 9 nitrogen and oxygen atoms in total. The summed E-state index contributed by atoms with van der Waals surface area (Å²) in [6.07, 6.45) is 4.31. The van der Waals surface area contributed by atoms with Crippen molar-refractivity contribution in [3.63, 3.8) is 0 Å². The maximum absolute atomic E-state index is 13.7. The normalized spacial score (nSPS) is 26.4. The van der Waals surface area contributed by atoms with Gasteiger partial charge in [-0.2, -0.15) is 5.10 Å². The van der Waals surface area contributed by atoms with Gasteiger partial charge in [0.15, 0.2) is 11.3 Å². The number of aromatic nitrogens is 3. The van der Waals surface area contributed by atoms with Crippen LogP contribution < -0.4 is 4.90 Å². The molecule has 3 aromatic rings. The van der Waals surface area contributed by atoms with Gasteiger partial charge in [0.05, 0.1) is 48.4 Å². The molecule has 1 N–H and O–H groups in total. The molecule has 0 radical (unpaired) electrons. The van der Waals surface area contributed by atoms with Crippen LogP contribution >= 0.6 is 0 Å². The molecule has 1 aromatic carbocycles. The van der Waals surface area contributed by atoms with Crippen molar-refractivity contribution in [3.05, 3.63) is 47.5 Å². The molecular weight excluding hydrogens is 489 g/mol. The number of rotatable bonds is 5. The fourth-order valence-electron chi connectivity index (χ4n) is 6.61. The largest absolute Gasteiger partial charge is 0.477 e. The first-order valence-electron chi connectivity index (χ1n) is 13.7. The van der Waals surface area contributed by atoms with Gasteiger partial charge in [0.25, 0.3) is 0 Å². The van der Waals surface area contributed by atoms with Gasteiger partial charge in [-0.25, -0.2) is 18.9 Å². The quantitative estimate of drug-likeness (QED) is 0.546. The van der Waals surface area contributed by atoms with E-state index in [0.29, 0.717) is 35.8 Å². The highest BCUT2D eigenvalue weighted by molar-refractivity contribution is 5.98. The van der Waals surface area contributed by atoms with Gasteiger partial charge in [-0.05, 0) is 49.6 Å². The Morgan fingerprint density at radius 1 is 1.08 bits per heavy atom. The van der Waals surface area contributed by atoms with Crippen LogP contribution in [-0.4, -0.2) is 88.9 Å². The van der Waals surface area contributed by atoms with Crippen LogP contribution in [-0.2, 0) is 9.47 Å². The second-order valence-electron chi connectivity index (χ2n) is 10.9. The summed E-state index contributed by atoms with van der Waals surface area (Å²) in [6.45, 7) is 5.68. The van der Waals surface area contributed by atoms with Crippen LogP contribution in [0.15, 0.2) is 30.3 Å². The Kier molecular flexibility index (Phi) is 6.05. The molecule has 0 bridgehead atoms. The van der Waals surface area contributed by atoms with Crippen molar-refractivity contribution >= 4 is 22.7 Å². The number of carbonyl (C=O) groups is 1. The third kappa shape index (κ3) is 4.06. The molecule has 3 aliphatic heterocycles. The lowest BCUT2D eigenvalue weighted by Gasteiger charge is -2.40. The predicted octanol–water partition coefficient (Wildman–Crippen LogP) is 3.45. The number of carboxylic acid groups (broad SMARTS) is 1. The molecule has 0 spiro atoms. The minimum absolute atomic E-state index is 0.0171. The van der Waals surface area contributed by atoms with Gasteiger partial charge in [0, 0.05) is 44.1 Å². The Labute approximate surface area is 220 Å². The van der Waals surface area contributed by atoms with E-state index in [1.54, 1.807) is 22.9 Å². The standard InChI is InChI=1S/C28H32FN5O4/c29-18-4-6-19(7-5-18)34-27-25(26(31-34)17-2-1-3-17)22(14-21(30-27)28(35)36)33-9-8-20-23(16-38-24(20)15-33)32-10-12-37-13-11-32/h4-7,14,17,20,23-24H,1-3,8-13,15-16H2,(H,35,36). The number of pyridine rings is 1. The molecule has 3 unspecified atom stereocenters. The van der Waals surface area contributed by atoms with E-state index in [0.717, 1.165) is 81.9 Å². The van der Waals surface area contributed by atoms with E-state index < -0.39 is 5.97 Å². The van der Waals surface area contributed by atoms with Crippen molar-refractivity contribution in [2.45, 2.75) is 43.7 Å². The Bertz CT molecular complexity index is 1350. The Hall–Kier alpha value is -3.08. The van der Waals surface area contributed by atoms with E-state index in [1.807, 2.05) is 0 Å². The number of aromatic carboxylic acids is 1. The molecule has 0 amide bonds. The highest BCUT2D eigenvalue weighted by Gasteiger charge is 2.44. The number of halogens is 1. The second kappa shape index (κ2) is 9.59. The highest BCUT2D eigenvalue weighted by atomic mass is 19.1. The van der Waals surface area contributed by atoms with Crippen LogP contribution in [0.25, 0.3) is 16.7 Å². The number of morpholine rings is 1. The maximum Gasteiger partial charge on any atom is 0.354 e. The molecule has 1 aliphatic carbocycles. The average Bonchev–Trinajstić information content (AvgIpc) is 3.50. The first kappa shape index (κ1) is 24.0. The van der Waals surface area contributed by atoms with Crippen LogP contribution in [0.5, 0.6) is 0 Å². The number of benzene rings is 1. The van der Waals surface area contributed by atoms with Gasteiger partial charge in [0.1, 0.15) is 5.82 Å². The fraction of sp³-hybridized carbons (Fsp3) is 0.536. The lowest BCUT2D eigenvalue weighted by molar-refractivity contribution is 0.00732. The van der Waals surface area contributed by atoms with Crippen LogP contribution in [0.4, 0.5) is 10.1 Å². The molecule has 7 rings (SSSR count). The lowest BCUT2D eigenvalue weighted by Crippen LogP contribution is -2.51. The Balaban J connectivity index is 1.29. The summed E-state index contributed by atoms with van der Waals surface area (Å²) in [5, 5.41) is 15.8. The third-order valence-electron chi connectivity index (χ3n) is 8.87. The minimum atomic E-state index is -1.08. The number of piperidine rings is 1. The number of ether oxygens (including phenoxy) is 2. The van der Waals surface area contributed by atoms with Crippen LogP contribution in [0.2, 0.25) is 0 Å². The summed E-state index contributed by atoms with van der Waals surface area (Å²) >= 11 is 0. The summed E-state index contributed by atoms with van der Waals surface area (Å²) in [7, 11) is 0. The zero-order valence-electron chi connectivity index (χ0n) is 21.3. The fourth-order valence-corrected chi connectivity index (χ4v) is 6.61. The molecule has 5 heterocycles. The molecule has 200 valence electrons. The van der Waals surface area contributed by atoms with Gasteiger partial charge in [-0.3, -0.25) is 4.90 Å². The summed E-state index contributed by atoms with van der Waals surface area (Å²) in [5.74, 6) is -0.654. The lowest BCUT2D eigenvalue weighted by atomic mass is 9.81. The maximum atomic E-state index is 13.7. The van der Waals surface area contributed by atoms with E-state index in [2.05, 4.69) is 14.8 Å². The van der Waals surface area contributed by atoms with Gasteiger partial charge >= 0.3 is 5.97 Å². The van der Waals surface area contributed by atoms with E-state index in [1.165, 1.54) is 12.1 Å². The smallest absolute Gasteiger partial charge is 0.354 e. The Morgan fingerprint density at radius 2 is 1.87 bits per heavy atom. The SMILES string of the molecule is O=C(O)c1cc(N2CCC3C(C2)OCC3N2CCOCC2)c2c(C3CCC3)nn(-c3ccc(F)cc3)c2n1. The molecule has 3 atom stereocenters. The number of carboxylic acids is 1. The first-order valence-corrected chi connectivity index (χ1v) is 13.7. The third-order valence-corrected chi connectivity index (χ3v) is 8.87. The molecule has 10 heteroatoms. The van der Waals surface area contributed by atoms with E-state index in [9.17, 15) is 14.3 Å². The molecule has 2 aromatic heterocycles. The summed E-state index contributed by atoms with van der Waals surface area (Å²) in [6, 6.07) is 8.21. The van der Waals surface area contributed by atoms with E-state index >= 15 is 0 Å². The summed E-state index contributed by atoms with van der Waals surface area (Å²) in [4.78, 5) is 21.5. The highest BCUT2D eigenvalue weighted by Crippen LogP contribution is 2.44.